The van der Waals surface area contributed by atoms with Crippen LogP contribution in [-0.2, 0) is 4.79 Å². The van der Waals surface area contributed by atoms with Crippen LogP contribution >= 0.6 is 0 Å². The molecule has 0 saturated carbocycles. The lowest BCUT2D eigenvalue weighted by Crippen LogP contribution is -2.37. The van der Waals surface area contributed by atoms with E-state index in [2.05, 4.69) is 15.6 Å². The maximum atomic E-state index is 11.6. The van der Waals surface area contributed by atoms with Crippen LogP contribution in [-0.4, -0.2) is 24.0 Å². The van der Waals surface area contributed by atoms with Gasteiger partial charge in [-0.1, -0.05) is 20.8 Å². The maximum Gasteiger partial charge on any atom is 0.225 e. The van der Waals surface area contributed by atoms with E-state index in [-0.39, 0.29) is 11.3 Å². The first-order valence-electron chi connectivity index (χ1n) is 5.84. The van der Waals surface area contributed by atoms with Gasteiger partial charge < -0.3 is 10.6 Å². The summed E-state index contributed by atoms with van der Waals surface area (Å²) in [6.45, 7) is 9.00. The van der Waals surface area contributed by atoms with Gasteiger partial charge in [-0.05, 0) is 19.1 Å². The molecule has 0 spiro atoms. The van der Waals surface area contributed by atoms with Crippen LogP contribution in [0.2, 0.25) is 0 Å². The molecule has 4 nitrogen and oxygen atoms in total. The predicted molar refractivity (Wildman–Crippen MR) is 69.9 cm³/mol. The third-order valence-electron chi connectivity index (χ3n) is 2.32. The highest BCUT2D eigenvalue weighted by molar-refractivity contribution is 5.81. The first-order valence-corrected chi connectivity index (χ1v) is 5.84. The van der Waals surface area contributed by atoms with Crippen LogP contribution in [0.25, 0.3) is 0 Å². The van der Waals surface area contributed by atoms with Gasteiger partial charge in [0.1, 0.15) is 0 Å². The Morgan fingerprint density at radius 1 is 1.35 bits per heavy atom. The number of nitrogens with zero attached hydrogens (tertiary/aromatic N) is 1. The minimum Gasteiger partial charge on any atom is -0.383 e. The van der Waals surface area contributed by atoms with Crippen molar-refractivity contribution in [3.8, 4) is 0 Å². The van der Waals surface area contributed by atoms with Gasteiger partial charge in [0.2, 0.25) is 5.91 Å². The summed E-state index contributed by atoms with van der Waals surface area (Å²) in [6.07, 6.45) is 1.77. The van der Waals surface area contributed by atoms with Crippen molar-refractivity contribution >= 4 is 11.6 Å². The largest absolute Gasteiger partial charge is 0.383 e. The second-order valence-corrected chi connectivity index (χ2v) is 5.12. The molecule has 1 amide bonds. The fraction of sp³-hybridized carbons (Fsp3) is 0.538. The van der Waals surface area contributed by atoms with Crippen LogP contribution in [0, 0.1) is 12.3 Å². The standard InChI is InChI=1S/C13H21N3O/c1-10-9-11(5-6-14-10)15-7-8-16-12(17)13(2,3)4/h5-6,9H,7-8H2,1-4H3,(H,14,15)(H,16,17). The molecule has 0 aliphatic carbocycles. The van der Waals surface area contributed by atoms with Gasteiger partial charge in [-0.3, -0.25) is 9.78 Å². The van der Waals surface area contributed by atoms with E-state index in [1.54, 1.807) is 6.20 Å². The van der Waals surface area contributed by atoms with E-state index < -0.39 is 0 Å². The smallest absolute Gasteiger partial charge is 0.225 e. The molecule has 0 aromatic carbocycles. The first kappa shape index (κ1) is 13.5. The van der Waals surface area contributed by atoms with E-state index in [0.29, 0.717) is 13.1 Å². The average Bonchev–Trinajstić information content (AvgIpc) is 2.23. The fourth-order valence-electron chi connectivity index (χ4n) is 1.30. The molecule has 0 unspecified atom stereocenters. The number of aromatic nitrogens is 1. The zero-order valence-corrected chi connectivity index (χ0v) is 11.0. The Bertz CT molecular complexity index is 382. The maximum absolute atomic E-state index is 11.6. The molecule has 4 heteroatoms. The van der Waals surface area contributed by atoms with Crippen LogP contribution in [0.4, 0.5) is 5.69 Å². The Hall–Kier alpha value is -1.58. The molecule has 17 heavy (non-hydrogen) atoms. The lowest BCUT2D eigenvalue weighted by Gasteiger charge is -2.17. The minimum absolute atomic E-state index is 0.0743. The van der Waals surface area contributed by atoms with Gasteiger partial charge in [0.25, 0.3) is 0 Å². The van der Waals surface area contributed by atoms with Crippen LogP contribution in [0.3, 0.4) is 0 Å². The summed E-state index contributed by atoms with van der Waals surface area (Å²) in [5.41, 5.74) is 1.68. The Morgan fingerprint density at radius 2 is 2.06 bits per heavy atom. The number of aryl methyl sites for hydroxylation is 1. The van der Waals surface area contributed by atoms with Gasteiger partial charge in [-0.2, -0.15) is 0 Å². The molecule has 0 aliphatic heterocycles. The molecule has 0 bridgehead atoms. The van der Waals surface area contributed by atoms with Crippen molar-refractivity contribution in [2.45, 2.75) is 27.7 Å². The van der Waals surface area contributed by atoms with Crippen molar-refractivity contribution in [3.63, 3.8) is 0 Å². The molecule has 0 aliphatic rings. The van der Waals surface area contributed by atoms with Gasteiger partial charge in [0.05, 0.1) is 0 Å². The number of hydrogen-bond donors (Lipinski definition) is 2. The van der Waals surface area contributed by atoms with Crippen molar-refractivity contribution in [2.75, 3.05) is 18.4 Å². The number of rotatable bonds is 4. The van der Waals surface area contributed by atoms with E-state index >= 15 is 0 Å². The summed E-state index contributed by atoms with van der Waals surface area (Å²) in [5, 5.41) is 6.13. The van der Waals surface area contributed by atoms with Gasteiger partial charge >= 0.3 is 0 Å². The lowest BCUT2D eigenvalue weighted by atomic mass is 9.96. The fourth-order valence-corrected chi connectivity index (χ4v) is 1.30. The molecule has 1 heterocycles. The van der Waals surface area contributed by atoms with Gasteiger partial charge in [0, 0.05) is 36.1 Å². The van der Waals surface area contributed by atoms with Crippen LogP contribution in [0.1, 0.15) is 26.5 Å². The van der Waals surface area contributed by atoms with Crippen LogP contribution in [0.5, 0.6) is 0 Å². The van der Waals surface area contributed by atoms with E-state index in [1.807, 2.05) is 39.8 Å². The van der Waals surface area contributed by atoms with E-state index in [9.17, 15) is 4.79 Å². The van der Waals surface area contributed by atoms with Crippen molar-refractivity contribution < 1.29 is 4.79 Å². The predicted octanol–water partition coefficient (Wildman–Crippen LogP) is 1.96. The highest BCUT2D eigenvalue weighted by Gasteiger charge is 2.19. The molecule has 0 radical (unpaired) electrons. The molecule has 94 valence electrons. The Labute approximate surface area is 103 Å². The monoisotopic (exact) mass is 235 g/mol. The van der Waals surface area contributed by atoms with Crippen LogP contribution in [0.15, 0.2) is 18.3 Å². The Balaban J connectivity index is 2.28. The molecule has 1 aromatic heterocycles. The number of nitrogens with one attached hydrogen (secondary N) is 2. The van der Waals surface area contributed by atoms with Crippen molar-refractivity contribution in [3.05, 3.63) is 24.0 Å². The van der Waals surface area contributed by atoms with Gasteiger partial charge in [-0.25, -0.2) is 0 Å². The first-order chi connectivity index (χ1) is 7.89. The number of carbonyl (C=O) groups excluding carboxylic acids is 1. The highest BCUT2D eigenvalue weighted by Crippen LogP contribution is 2.12. The van der Waals surface area contributed by atoms with Gasteiger partial charge in [-0.15, -0.1) is 0 Å². The number of amides is 1. The number of carbonyl (C=O) groups is 1. The molecular formula is C13H21N3O. The van der Waals surface area contributed by atoms with Crippen molar-refractivity contribution in [2.24, 2.45) is 5.41 Å². The van der Waals surface area contributed by atoms with Gasteiger partial charge in [0.15, 0.2) is 0 Å². The third kappa shape index (κ3) is 4.85. The average molecular weight is 235 g/mol. The van der Waals surface area contributed by atoms with Crippen LogP contribution < -0.4 is 10.6 Å². The van der Waals surface area contributed by atoms with E-state index in [1.165, 1.54) is 0 Å². The quantitative estimate of drug-likeness (QED) is 0.784. The van der Waals surface area contributed by atoms with E-state index in [4.69, 9.17) is 0 Å². The summed E-state index contributed by atoms with van der Waals surface area (Å²) in [7, 11) is 0. The van der Waals surface area contributed by atoms with Crippen molar-refractivity contribution in [1.29, 1.82) is 0 Å². The SMILES string of the molecule is Cc1cc(NCCNC(=O)C(C)(C)C)ccn1. The topological polar surface area (TPSA) is 54.0 Å². The molecule has 2 N–H and O–H groups in total. The number of hydrogen-bond acceptors (Lipinski definition) is 3. The lowest BCUT2D eigenvalue weighted by molar-refractivity contribution is -0.128. The second-order valence-electron chi connectivity index (χ2n) is 5.12. The van der Waals surface area contributed by atoms with E-state index in [0.717, 1.165) is 11.4 Å². The zero-order valence-electron chi connectivity index (χ0n) is 11.0. The third-order valence-corrected chi connectivity index (χ3v) is 2.32. The summed E-state index contributed by atoms with van der Waals surface area (Å²) < 4.78 is 0. The molecule has 0 fully saturated rings. The second kappa shape index (κ2) is 5.66. The number of anilines is 1. The van der Waals surface area contributed by atoms with Crippen molar-refractivity contribution in [1.82, 2.24) is 10.3 Å². The normalized spacial score (nSPS) is 11.1. The highest BCUT2D eigenvalue weighted by atomic mass is 16.2. The molecular weight excluding hydrogens is 214 g/mol. The summed E-state index contributed by atoms with van der Waals surface area (Å²) in [5.74, 6) is 0.0743. The molecule has 1 rings (SSSR count). The molecule has 1 aromatic rings. The Morgan fingerprint density at radius 3 is 2.65 bits per heavy atom. The summed E-state index contributed by atoms with van der Waals surface area (Å²) in [6, 6.07) is 3.89. The molecule has 0 saturated heterocycles. The summed E-state index contributed by atoms with van der Waals surface area (Å²) in [4.78, 5) is 15.7. The Kier molecular flexibility index (Phi) is 4.49. The molecule has 0 atom stereocenters. The number of pyridine rings is 1. The minimum atomic E-state index is -0.326. The summed E-state index contributed by atoms with van der Waals surface area (Å²) >= 11 is 0. The zero-order chi connectivity index (χ0) is 12.9.